The fourth-order valence-electron chi connectivity index (χ4n) is 2.95. The minimum atomic E-state index is -0.136. The molecule has 1 aliphatic heterocycles. The predicted molar refractivity (Wildman–Crippen MR) is 78.5 cm³/mol. The van der Waals surface area contributed by atoms with E-state index in [-0.39, 0.29) is 17.6 Å². The molecule has 2 heteroatoms. The van der Waals surface area contributed by atoms with E-state index in [1.54, 1.807) is 0 Å². The molecule has 0 radical (unpaired) electrons. The van der Waals surface area contributed by atoms with Crippen LogP contribution in [0, 0.1) is 5.41 Å². The first-order valence-corrected chi connectivity index (χ1v) is 7.16. The van der Waals surface area contributed by atoms with Crippen LogP contribution in [0.4, 0.5) is 0 Å². The van der Waals surface area contributed by atoms with Gasteiger partial charge in [-0.2, -0.15) is 0 Å². The van der Waals surface area contributed by atoms with Gasteiger partial charge in [-0.25, -0.2) is 0 Å². The number of ether oxygens (including phenoxy) is 1. The summed E-state index contributed by atoms with van der Waals surface area (Å²) in [7, 11) is 0. The third-order valence-corrected chi connectivity index (χ3v) is 4.10. The molecule has 1 heterocycles. The minimum Gasteiger partial charge on any atom is -0.488 e. The number of benzene rings is 1. The second-order valence-electron chi connectivity index (χ2n) is 7.35. The minimum absolute atomic E-state index is 0.0667. The zero-order chi connectivity index (χ0) is 14.3. The molecule has 1 aromatic rings. The van der Waals surface area contributed by atoms with E-state index in [0.717, 1.165) is 24.2 Å². The third kappa shape index (κ3) is 3.11. The highest BCUT2D eigenvalue weighted by atomic mass is 16.5. The van der Waals surface area contributed by atoms with Gasteiger partial charge < -0.3 is 9.84 Å². The van der Waals surface area contributed by atoms with Crippen LogP contribution in [0.25, 0.3) is 0 Å². The molecule has 1 aromatic carbocycles. The summed E-state index contributed by atoms with van der Waals surface area (Å²) in [5.74, 6) is 1.45. The monoisotopic (exact) mass is 262 g/mol. The Bertz CT molecular complexity index is 455. The first-order chi connectivity index (χ1) is 8.73. The summed E-state index contributed by atoms with van der Waals surface area (Å²) in [6, 6.07) is 6.15. The van der Waals surface area contributed by atoms with Crippen molar-refractivity contribution in [2.75, 3.05) is 0 Å². The van der Waals surface area contributed by atoms with E-state index in [0.29, 0.717) is 5.92 Å². The molecule has 0 fully saturated rings. The molecule has 0 aliphatic carbocycles. The van der Waals surface area contributed by atoms with Crippen LogP contribution in [-0.4, -0.2) is 10.7 Å². The van der Waals surface area contributed by atoms with Gasteiger partial charge in [-0.15, -0.1) is 0 Å². The maximum atomic E-state index is 9.31. The zero-order valence-electron chi connectivity index (χ0n) is 12.8. The van der Waals surface area contributed by atoms with Gasteiger partial charge in [-0.1, -0.05) is 32.9 Å². The Morgan fingerprint density at radius 3 is 2.58 bits per heavy atom. The van der Waals surface area contributed by atoms with Crippen molar-refractivity contribution in [1.29, 1.82) is 0 Å². The van der Waals surface area contributed by atoms with Crippen LogP contribution in [-0.2, 0) is 6.61 Å². The number of rotatable bonds is 1. The maximum Gasteiger partial charge on any atom is 0.123 e. The second kappa shape index (κ2) is 4.82. The lowest BCUT2D eigenvalue weighted by Crippen LogP contribution is -2.27. The molecule has 0 amide bonds. The molecule has 1 atom stereocenters. The summed E-state index contributed by atoms with van der Waals surface area (Å²) >= 11 is 0. The van der Waals surface area contributed by atoms with Crippen LogP contribution < -0.4 is 4.74 Å². The summed E-state index contributed by atoms with van der Waals surface area (Å²) in [5, 5.41) is 9.31. The number of hydrogen-bond acceptors (Lipinski definition) is 2. The van der Waals surface area contributed by atoms with Gasteiger partial charge in [-0.05, 0) is 55.2 Å². The average Bonchev–Trinajstić information content (AvgIpc) is 2.41. The van der Waals surface area contributed by atoms with Crippen LogP contribution in [0.3, 0.4) is 0 Å². The molecule has 1 N–H and O–H groups in total. The molecular formula is C17H26O2. The fraction of sp³-hybridized carbons (Fsp3) is 0.647. The van der Waals surface area contributed by atoms with Gasteiger partial charge in [-0.3, -0.25) is 0 Å². The Hall–Kier alpha value is -1.02. The summed E-state index contributed by atoms with van der Waals surface area (Å²) in [6.07, 6.45) is 2.19. The van der Waals surface area contributed by atoms with E-state index < -0.39 is 0 Å². The van der Waals surface area contributed by atoms with Gasteiger partial charge in [0.15, 0.2) is 0 Å². The lowest BCUT2D eigenvalue weighted by atomic mass is 9.73. The zero-order valence-corrected chi connectivity index (χ0v) is 12.8. The smallest absolute Gasteiger partial charge is 0.123 e. The van der Waals surface area contributed by atoms with Gasteiger partial charge >= 0.3 is 0 Å². The fourth-order valence-corrected chi connectivity index (χ4v) is 2.95. The van der Waals surface area contributed by atoms with Crippen molar-refractivity contribution >= 4 is 0 Å². The Balaban J connectivity index is 2.50. The SMILES string of the molecule is CC1(C)CCC(C(C)(C)C)c2ccc(CO)cc2O1. The highest BCUT2D eigenvalue weighted by molar-refractivity contribution is 5.42. The van der Waals surface area contributed by atoms with Crippen LogP contribution >= 0.6 is 0 Å². The van der Waals surface area contributed by atoms with E-state index >= 15 is 0 Å². The van der Waals surface area contributed by atoms with E-state index in [4.69, 9.17) is 4.74 Å². The number of aliphatic hydroxyl groups is 1. The van der Waals surface area contributed by atoms with Crippen molar-refractivity contribution in [3.63, 3.8) is 0 Å². The highest BCUT2D eigenvalue weighted by Gasteiger charge is 2.35. The summed E-state index contributed by atoms with van der Waals surface area (Å²) < 4.78 is 6.20. The molecule has 2 rings (SSSR count). The van der Waals surface area contributed by atoms with Crippen LogP contribution in [0.1, 0.15) is 64.5 Å². The molecule has 1 unspecified atom stereocenters. The van der Waals surface area contributed by atoms with Crippen molar-refractivity contribution in [3.05, 3.63) is 29.3 Å². The van der Waals surface area contributed by atoms with Gasteiger partial charge in [0, 0.05) is 0 Å². The van der Waals surface area contributed by atoms with E-state index in [1.165, 1.54) is 5.56 Å². The normalized spacial score (nSPS) is 22.3. The van der Waals surface area contributed by atoms with Gasteiger partial charge in [0.2, 0.25) is 0 Å². The van der Waals surface area contributed by atoms with Crippen molar-refractivity contribution in [1.82, 2.24) is 0 Å². The van der Waals surface area contributed by atoms with E-state index in [9.17, 15) is 5.11 Å². The lowest BCUT2D eigenvalue weighted by molar-refractivity contribution is 0.101. The van der Waals surface area contributed by atoms with Crippen molar-refractivity contribution in [2.45, 2.75) is 65.6 Å². The summed E-state index contributed by atoms with van der Waals surface area (Å²) in [4.78, 5) is 0. The molecular weight excluding hydrogens is 236 g/mol. The molecule has 2 nitrogen and oxygen atoms in total. The van der Waals surface area contributed by atoms with Crippen LogP contribution in [0.15, 0.2) is 18.2 Å². The third-order valence-electron chi connectivity index (χ3n) is 4.10. The van der Waals surface area contributed by atoms with Gasteiger partial charge in [0.1, 0.15) is 11.4 Å². The van der Waals surface area contributed by atoms with Gasteiger partial charge in [0.25, 0.3) is 0 Å². The lowest BCUT2D eigenvalue weighted by Gasteiger charge is -2.30. The Labute approximate surface area is 116 Å². The van der Waals surface area contributed by atoms with Crippen molar-refractivity contribution in [2.24, 2.45) is 5.41 Å². The average molecular weight is 262 g/mol. The van der Waals surface area contributed by atoms with Gasteiger partial charge in [0.05, 0.1) is 6.61 Å². The standard InChI is InChI=1S/C17H26O2/c1-16(2,3)14-8-9-17(4,5)19-15-10-12(11-18)6-7-13(14)15/h6-7,10,14,18H,8-9,11H2,1-5H3. The Morgan fingerprint density at radius 2 is 2.00 bits per heavy atom. The topological polar surface area (TPSA) is 29.5 Å². The first-order valence-electron chi connectivity index (χ1n) is 7.16. The first kappa shape index (κ1) is 14.4. The largest absolute Gasteiger partial charge is 0.488 e. The van der Waals surface area contributed by atoms with Crippen molar-refractivity contribution in [3.8, 4) is 5.75 Å². The number of aliphatic hydroxyl groups excluding tert-OH is 1. The maximum absolute atomic E-state index is 9.31. The van der Waals surface area contributed by atoms with Crippen LogP contribution in [0.5, 0.6) is 5.75 Å². The molecule has 0 aromatic heterocycles. The highest BCUT2D eigenvalue weighted by Crippen LogP contribution is 2.47. The summed E-state index contributed by atoms with van der Waals surface area (Å²) in [5.41, 5.74) is 2.29. The summed E-state index contributed by atoms with van der Waals surface area (Å²) in [6.45, 7) is 11.2. The molecule has 19 heavy (non-hydrogen) atoms. The molecule has 106 valence electrons. The molecule has 0 saturated carbocycles. The predicted octanol–water partition coefficient (Wildman–Crippen LogP) is 4.26. The van der Waals surface area contributed by atoms with Crippen molar-refractivity contribution < 1.29 is 9.84 Å². The molecule has 0 saturated heterocycles. The number of hydrogen-bond donors (Lipinski definition) is 1. The van der Waals surface area contributed by atoms with Crippen LogP contribution in [0.2, 0.25) is 0 Å². The molecule has 1 aliphatic rings. The Morgan fingerprint density at radius 1 is 1.32 bits per heavy atom. The molecule has 0 bridgehead atoms. The van der Waals surface area contributed by atoms with E-state index in [2.05, 4.69) is 40.7 Å². The second-order valence-corrected chi connectivity index (χ2v) is 7.35. The number of fused-ring (bicyclic) bond motifs is 1. The Kier molecular flexibility index (Phi) is 3.65. The quantitative estimate of drug-likeness (QED) is 0.819. The van der Waals surface area contributed by atoms with E-state index in [1.807, 2.05) is 12.1 Å². The molecule has 0 spiro atoms.